The van der Waals surface area contributed by atoms with E-state index in [0.29, 0.717) is 4.90 Å². The third-order valence-corrected chi connectivity index (χ3v) is 2.58. The van der Waals surface area contributed by atoms with E-state index in [1.54, 1.807) is 39.2 Å². The van der Waals surface area contributed by atoms with Crippen molar-refractivity contribution in [2.75, 3.05) is 6.26 Å². The zero-order chi connectivity index (χ0) is 12.3. The number of carbonyl (C=O) groups is 1. The molecule has 0 atom stereocenters. The highest BCUT2D eigenvalue weighted by Gasteiger charge is 2.23. The van der Waals surface area contributed by atoms with Crippen molar-refractivity contribution in [1.82, 2.24) is 0 Å². The predicted molar refractivity (Wildman–Crippen MR) is 63.3 cm³/mol. The van der Waals surface area contributed by atoms with Gasteiger partial charge in [-0.1, -0.05) is 6.07 Å². The van der Waals surface area contributed by atoms with Gasteiger partial charge in [-0.2, -0.15) is 0 Å². The number of ether oxygens (including phenoxy) is 1. The molecule has 0 aliphatic heterocycles. The summed E-state index contributed by atoms with van der Waals surface area (Å²) >= 11 is 1.32. The van der Waals surface area contributed by atoms with E-state index in [9.17, 15) is 9.18 Å². The second kappa shape index (κ2) is 4.87. The number of hydrogen-bond donors (Lipinski definition) is 0. The molecule has 0 fully saturated rings. The Morgan fingerprint density at radius 1 is 1.38 bits per heavy atom. The summed E-state index contributed by atoms with van der Waals surface area (Å²) in [7, 11) is 0. The molecule has 0 radical (unpaired) electrons. The molecule has 1 aromatic carbocycles. The molecular weight excluding hydrogens is 227 g/mol. The highest BCUT2D eigenvalue weighted by atomic mass is 32.2. The minimum absolute atomic E-state index is 0.0184. The molecular formula is C12H15FO2S. The van der Waals surface area contributed by atoms with Crippen LogP contribution in [0.3, 0.4) is 0 Å². The van der Waals surface area contributed by atoms with Crippen molar-refractivity contribution in [3.63, 3.8) is 0 Å². The molecule has 4 heteroatoms. The van der Waals surface area contributed by atoms with Crippen LogP contribution in [-0.4, -0.2) is 17.8 Å². The molecule has 0 saturated heterocycles. The van der Waals surface area contributed by atoms with Gasteiger partial charge in [-0.3, -0.25) is 0 Å². The fourth-order valence-corrected chi connectivity index (χ4v) is 1.80. The van der Waals surface area contributed by atoms with Gasteiger partial charge >= 0.3 is 5.97 Å². The Balaban J connectivity index is 3.08. The molecule has 2 nitrogen and oxygen atoms in total. The van der Waals surface area contributed by atoms with E-state index in [4.69, 9.17) is 4.74 Å². The molecule has 0 aromatic heterocycles. The van der Waals surface area contributed by atoms with Gasteiger partial charge in [-0.15, -0.1) is 11.8 Å². The molecule has 88 valence electrons. The summed E-state index contributed by atoms with van der Waals surface area (Å²) in [6.07, 6.45) is 1.79. The highest BCUT2D eigenvalue weighted by molar-refractivity contribution is 7.98. The van der Waals surface area contributed by atoms with Crippen molar-refractivity contribution in [3.05, 3.63) is 29.6 Å². The van der Waals surface area contributed by atoms with Gasteiger partial charge in [-0.05, 0) is 39.2 Å². The second-order valence-electron chi connectivity index (χ2n) is 4.32. The lowest BCUT2D eigenvalue weighted by atomic mass is 10.1. The van der Waals surface area contributed by atoms with Crippen molar-refractivity contribution < 1.29 is 13.9 Å². The first-order valence-electron chi connectivity index (χ1n) is 4.91. The summed E-state index contributed by atoms with van der Waals surface area (Å²) in [5.74, 6) is -1.16. The van der Waals surface area contributed by atoms with E-state index in [1.165, 1.54) is 17.8 Å². The van der Waals surface area contributed by atoms with Crippen molar-refractivity contribution in [3.8, 4) is 0 Å². The Morgan fingerprint density at radius 2 is 2.00 bits per heavy atom. The molecule has 0 aliphatic carbocycles. The second-order valence-corrected chi connectivity index (χ2v) is 5.17. The molecule has 16 heavy (non-hydrogen) atoms. The molecule has 1 rings (SSSR count). The van der Waals surface area contributed by atoms with Crippen LogP contribution in [0.25, 0.3) is 0 Å². The fourth-order valence-electron chi connectivity index (χ4n) is 1.20. The molecule has 0 bridgehead atoms. The van der Waals surface area contributed by atoms with Gasteiger partial charge in [0, 0.05) is 4.90 Å². The Morgan fingerprint density at radius 3 is 2.50 bits per heavy atom. The normalized spacial score (nSPS) is 11.3. The Kier molecular flexibility index (Phi) is 3.97. The fraction of sp³-hybridized carbons (Fsp3) is 0.417. The monoisotopic (exact) mass is 242 g/mol. The number of thioether (sulfide) groups is 1. The Bertz CT molecular complexity index is 396. The average molecular weight is 242 g/mol. The molecule has 0 N–H and O–H groups in total. The first kappa shape index (κ1) is 13.0. The van der Waals surface area contributed by atoms with Crippen molar-refractivity contribution >= 4 is 17.7 Å². The molecule has 0 unspecified atom stereocenters. The number of halogens is 1. The maximum atomic E-state index is 13.5. The Labute approximate surface area is 99.2 Å². The van der Waals surface area contributed by atoms with Gasteiger partial charge in [-0.25, -0.2) is 9.18 Å². The van der Waals surface area contributed by atoms with Crippen LogP contribution in [-0.2, 0) is 4.74 Å². The zero-order valence-electron chi connectivity index (χ0n) is 9.83. The minimum Gasteiger partial charge on any atom is -0.456 e. The van der Waals surface area contributed by atoms with E-state index in [0.717, 1.165) is 0 Å². The molecule has 0 amide bonds. The lowest BCUT2D eigenvalue weighted by molar-refractivity contribution is 0.00605. The van der Waals surface area contributed by atoms with Gasteiger partial charge in [0.05, 0.1) is 0 Å². The van der Waals surface area contributed by atoms with Crippen LogP contribution < -0.4 is 0 Å². The summed E-state index contributed by atoms with van der Waals surface area (Å²) in [6.45, 7) is 5.26. The molecule has 1 aromatic rings. The Hall–Kier alpha value is -1.03. The lowest BCUT2D eigenvalue weighted by Gasteiger charge is -2.20. The number of hydrogen-bond acceptors (Lipinski definition) is 3. The summed E-state index contributed by atoms with van der Waals surface area (Å²) < 4.78 is 18.7. The highest BCUT2D eigenvalue weighted by Crippen LogP contribution is 2.25. The van der Waals surface area contributed by atoms with Crippen molar-refractivity contribution in [1.29, 1.82) is 0 Å². The molecule has 0 heterocycles. The smallest absolute Gasteiger partial charge is 0.342 e. The largest absolute Gasteiger partial charge is 0.456 e. The molecule has 0 aliphatic rings. The minimum atomic E-state index is -0.616. The third-order valence-electron chi connectivity index (χ3n) is 1.80. The zero-order valence-corrected chi connectivity index (χ0v) is 10.7. The quantitative estimate of drug-likeness (QED) is 0.586. The first-order chi connectivity index (χ1) is 7.35. The summed E-state index contributed by atoms with van der Waals surface area (Å²) in [6, 6.07) is 4.54. The van der Waals surface area contributed by atoms with Crippen LogP contribution in [0.1, 0.15) is 31.1 Å². The van der Waals surface area contributed by atoms with Crippen LogP contribution in [0, 0.1) is 5.82 Å². The SMILES string of the molecule is CSc1cccc(F)c1C(=O)OC(C)(C)C. The van der Waals surface area contributed by atoms with Gasteiger partial charge < -0.3 is 4.74 Å². The van der Waals surface area contributed by atoms with E-state index in [1.807, 2.05) is 0 Å². The van der Waals surface area contributed by atoms with Crippen molar-refractivity contribution in [2.24, 2.45) is 0 Å². The van der Waals surface area contributed by atoms with Crippen LogP contribution in [0.5, 0.6) is 0 Å². The first-order valence-corrected chi connectivity index (χ1v) is 6.13. The number of rotatable bonds is 2. The molecule has 0 spiro atoms. The van der Waals surface area contributed by atoms with E-state index in [-0.39, 0.29) is 5.56 Å². The summed E-state index contributed by atoms with van der Waals surface area (Å²) in [5, 5.41) is 0. The van der Waals surface area contributed by atoms with E-state index in [2.05, 4.69) is 0 Å². The predicted octanol–water partition coefficient (Wildman–Crippen LogP) is 3.50. The van der Waals surface area contributed by atoms with Gasteiger partial charge in [0.25, 0.3) is 0 Å². The van der Waals surface area contributed by atoms with E-state index >= 15 is 0 Å². The van der Waals surface area contributed by atoms with E-state index < -0.39 is 17.4 Å². The summed E-state index contributed by atoms with van der Waals surface area (Å²) in [5.41, 5.74) is -0.598. The van der Waals surface area contributed by atoms with Crippen LogP contribution in [0.4, 0.5) is 4.39 Å². The number of carbonyl (C=O) groups excluding carboxylic acids is 1. The van der Waals surface area contributed by atoms with Crippen LogP contribution in [0.2, 0.25) is 0 Å². The topological polar surface area (TPSA) is 26.3 Å². The maximum absolute atomic E-state index is 13.5. The number of esters is 1. The number of benzene rings is 1. The van der Waals surface area contributed by atoms with Crippen molar-refractivity contribution in [2.45, 2.75) is 31.3 Å². The van der Waals surface area contributed by atoms with Crippen LogP contribution in [0.15, 0.2) is 23.1 Å². The average Bonchev–Trinajstić information content (AvgIpc) is 2.14. The van der Waals surface area contributed by atoms with Gasteiger partial charge in [0.2, 0.25) is 0 Å². The third kappa shape index (κ3) is 3.23. The van der Waals surface area contributed by atoms with Crippen LogP contribution >= 0.6 is 11.8 Å². The van der Waals surface area contributed by atoms with Gasteiger partial charge in [0.1, 0.15) is 17.0 Å². The van der Waals surface area contributed by atoms with Gasteiger partial charge in [0.15, 0.2) is 0 Å². The maximum Gasteiger partial charge on any atom is 0.342 e. The summed E-state index contributed by atoms with van der Waals surface area (Å²) in [4.78, 5) is 12.4. The molecule has 0 saturated carbocycles. The lowest BCUT2D eigenvalue weighted by Crippen LogP contribution is -2.24. The standard InChI is InChI=1S/C12H15FO2S/c1-12(2,3)15-11(14)10-8(13)6-5-7-9(10)16-4/h5-7H,1-4H3.